The van der Waals surface area contributed by atoms with Crippen LogP contribution in [-0.2, 0) is 11.3 Å². The van der Waals surface area contributed by atoms with Gasteiger partial charge in [-0.1, -0.05) is 18.2 Å². The van der Waals surface area contributed by atoms with Crippen LogP contribution in [0.1, 0.15) is 16.1 Å². The third-order valence-electron chi connectivity index (χ3n) is 3.10. The molecule has 1 aromatic heterocycles. The maximum atomic E-state index is 11.2. The predicted molar refractivity (Wildman–Crippen MR) is 64.6 cm³/mol. The van der Waals surface area contributed by atoms with Gasteiger partial charge in [-0.2, -0.15) is 0 Å². The van der Waals surface area contributed by atoms with Crippen LogP contribution in [0.5, 0.6) is 0 Å². The number of nitrogens with one attached hydrogen (secondary N) is 1. The second-order valence-electron chi connectivity index (χ2n) is 4.33. The van der Waals surface area contributed by atoms with Gasteiger partial charge in [-0.15, -0.1) is 0 Å². The fourth-order valence-corrected chi connectivity index (χ4v) is 2.05. The minimum atomic E-state index is -1.03. The van der Waals surface area contributed by atoms with Crippen molar-refractivity contribution in [1.82, 2.24) is 5.32 Å². The first-order valence-electron chi connectivity index (χ1n) is 5.80. The number of fused-ring (bicyclic) bond motifs is 1. The lowest BCUT2D eigenvalue weighted by Crippen LogP contribution is -2.45. The van der Waals surface area contributed by atoms with E-state index in [4.69, 9.17) is 14.3 Å². The maximum absolute atomic E-state index is 11.2. The van der Waals surface area contributed by atoms with Crippen molar-refractivity contribution in [3.05, 3.63) is 35.6 Å². The average Bonchev–Trinajstić information content (AvgIpc) is 2.66. The van der Waals surface area contributed by atoms with Gasteiger partial charge >= 0.3 is 5.97 Å². The minimum Gasteiger partial charge on any atom is -0.475 e. The second kappa shape index (κ2) is 4.44. The van der Waals surface area contributed by atoms with Gasteiger partial charge in [0.2, 0.25) is 5.76 Å². The Morgan fingerprint density at radius 3 is 2.83 bits per heavy atom. The lowest BCUT2D eigenvalue weighted by molar-refractivity contribution is -0.00580. The summed E-state index contributed by atoms with van der Waals surface area (Å²) in [5, 5.41) is 13.3. The van der Waals surface area contributed by atoms with Crippen LogP contribution in [0.15, 0.2) is 28.7 Å². The van der Waals surface area contributed by atoms with Gasteiger partial charge in [0.25, 0.3) is 0 Å². The predicted octanol–water partition coefficient (Wildman–Crippen LogP) is 1.62. The molecule has 2 N–H and O–H groups in total. The van der Waals surface area contributed by atoms with E-state index >= 15 is 0 Å². The molecule has 1 saturated heterocycles. The first-order chi connectivity index (χ1) is 8.75. The third-order valence-corrected chi connectivity index (χ3v) is 3.10. The summed E-state index contributed by atoms with van der Waals surface area (Å²) in [5.41, 5.74) is 1.31. The van der Waals surface area contributed by atoms with E-state index in [2.05, 4.69) is 5.32 Å². The number of benzene rings is 1. The van der Waals surface area contributed by atoms with Gasteiger partial charge in [0.05, 0.1) is 19.3 Å². The SMILES string of the molecule is O=C(O)c1oc2ccccc2c1CNC1COC1. The molecule has 0 bridgehead atoms. The molecule has 0 radical (unpaired) electrons. The molecule has 3 rings (SSSR count). The zero-order chi connectivity index (χ0) is 12.5. The van der Waals surface area contributed by atoms with Gasteiger partial charge in [0, 0.05) is 17.5 Å². The molecule has 0 aliphatic carbocycles. The quantitative estimate of drug-likeness (QED) is 0.859. The molecule has 2 aromatic rings. The Bertz CT molecular complexity index is 586. The number of hydrogen-bond donors (Lipinski definition) is 2. The molecular weight excluding hydrogens is 234 g/mol. The van der Waals surface area contributed by atoms with Crippen molar-refractivity contribution in [1.29, 1.82) is 0 Å². The Morgan fingerprint density at radius 1 is 1.39 bits per heavy atom. The number of ether oxygens (including phenoxy) is 1. The van der Waals surface area contributed by atoms with E-state index in [1.54, 1.807) is 6.07 Å². The monoisotopic (exact) mass is 247 g/mol. The summed E-state index contributed by atoms with van der Waals surface area (Å²) in [4.78, 5) is 11.2. The second-order valence-corrected chi connectivity index (χ2v) is 4.33. The van der Waals surface area contributed by atoms with Crippen LogP contribution in [0.4, 0.5) is 0 Å². The molecule has 0 unspecified atom stereocenters. The van der Waals surface area contributed by atoms with Crippen molar-refractivity contribution in [2.24, 2.45) is 0 Å². The van der Waals surface area contributed by atoms with Gasteiger partial charge < -0.3 is 19.6 Å². The van der Waals surface area contributed by atoms with E-state index in [9.17, 15) is 4.79 Å². The number of carboxylic acid groups (broad SMARTS) is 1. The molecule has 5 heteroatoms. The molecular formula is C13H13NO4. The summed E-state index contributed by atoms with van der Waals surface area (Å²) in [7, 11) is 0. The molecule has 5 nitrogen and oxygen atoms in total. The number of carboxylic acids is 1. The molecule has 2 heterocycles. The van der Waals surface area contributed by atoms with E-state index in [1.807, 2.05) is 18.2 Å². The van der Waals surface area contributed by atoms with Crippen LogP contribution in [-0.4, -0.2) is 30.3 Å². The van der Waals surface area contributed by atoms with Crippen molar-refractivity contribution in [3.8, 4) is 0 Å². The van der Waals surface area contributed by atoms with E-state index in [-0.39, 0.29) is 5.76 Å². The van der Waals surface area contributed by atoms with E-state index in [0.717, 1.165) is 5.39 Å². The fraction of sp³-hybridized carbons (Fsp3) is 0.308. The van der Waals surface area contributed by atoms with Crippen LogP contribution in [0.2, 0.25) is 0 Å². The lowest BCUT2D eigenvalue weighted by Gasteiger charge is -2.26. The summed E-state index contributed by atoms with van der Waals surface area (Å²) in [6, 6.07) is 7.66. The fourth-order valence-electron chi connectivity index (χ4n) is 2.05. The first-order valence-corrected chi connectivity index (χ1v) is 5.80. The molecule has 18 heavy (non-hydrogen) atoms. The minimum absolute atomic E-state index is 0.0175. The van der Waals surface area contributed by atoms with Gasteiger partial charge in [-0.25, -0.2) is 4.79 Å². The van der Waals surface area contributed by atoms with Crippen LogP contribution >= 0.6 is 0 Å². The van der Waals surface area contributed by atoms with E-state index < -0.39 is 5.97 Å². The third kappa shape index (κ3) is 1.87. The topological polar surface area (TPSA) is 71.7 Å². The number of rotatable bonds is 4. The van der Waals surface area contributed by atoms with Crippen molar-refractivity contribution < 1.29 is 19.1 Å². The molecule has 1 aromatic carbocycles. The maximum Gasteiger partial charge on any atom is 0.372 e. The standard InChI is InChI=1S/C13H13NO4/c15-13(16)12-10(5-14-8-6-17-7-8)9-3-1-2-4-11(9)18-12/h1-4,8,14H,5-7H2,(H,15,16). The molecule has 0 spiro atoms. The molecule has 0 amide bonds. The van der Waals surface area contributed by atoms with Crippen molar-refractivity contribution in [2.45, 2.75) is 12.6 Å². The Morgan fingerprint density at radius 2 is 2.17 bits per heavy atom. The average molecular weight is 247 g/mol. The van der Waals surface area contributed by atoms with Crippen LogP contribution in [0.3, 0.4) is 0 Å². The molecule has 1 aliphatic rings. The Hall–Kier alpha value is -1.85. The lowest BCUT2D eigenvalue weighted by atomic mass is 10.1. The van der Waals surface area contributed by atoms with E-state index in [1.165, 1.54) is 0 Å². The molecule has 1 fully saturated rings. The largest absolute Gasteiger partial charge is 0.475 e. The highest BCUT2D eigenvalue weighted by molar-refractivity contribution is 5.95. The van der Waals surface area contributed by atoms with Crippen LogP contribution < -0.4 is 5.32 Å². The van der Waals surface area contributed by atoms with Crippen molar-refractivity contribution >= 4 is 16.9 Å². The Labute approximate surface area is 103 Å². The molecule has 0 atom stereocenters. The molecule has 94 valence electrons. The molecule has 0 saturated carbocycles. The highest BCUT2D eigenvalue weighted by Crippen LogP contribution is 2.26. The summed E-state index contributed by atoms with van der Waals surface area (Å²) in [6.07, 6.45) is 0. The normalized spacial score (nSPS) is 15.8. The van der Waals surface area contributed by atoms with Gasteiger partial charge in [0.15, 0.2) is 0 Å². The van der Waals surface area contributed by atoms with Gasteiger partial charge in [0.1, 0.15) is 5.58 Å². The Balaban J connectivity index is 1.95. The summed E-state index contributed by atoms with van der Waals surface area (Å²) in [6.45, 7) is 1.84. The smallest absolute Gasteiger partial charge is 0.372 e. The summed E-state index contributed by atoms with van der Waals surface area (Å²) >= 11 is 0. The number of hydrogen-bond acceptors (Lipinski definition) is 4. The number of furan rings is 1. The van der Waals surface area contributed by atoms with Crippen LogP contribution in [0.25, 0.3) is 11.0 Å². The zero-order valence-corrected chi connectivity index (χ0v) is 9.68. The van der Waals surface area contributed by atoms with Crippen molar-refractivity contribution in [3.63, 3.8) is 0 Å². The van der Waals surface area contributed by atoms with Gasteiger partial charge in [-0.05, 0) is 6.07 Å². The Kier molecular flexibility index (Phi) is 2.77. The number of para-hydroxylation sites is 1. The summed E-state index contributed by atoms with van der Waals surface area (Å²) < 4.78 is 10.4. The highest BCUT2D eigenvalue weighted by Gasteiger charge is 2.22. The summed E-state index contributed by atoms with van der Waals surface area (Å²) in [5.74, 6) is -1.02. The zero-order valence-electron chi connectivity index (χ0n) is 9.68. The molecule has 1 aliphatic heterocycles. The number of carbonyl (C=O) groups is 1. The van der Waals surface area contributed by atoms with Crippen molar-refractivity contribution in [2.75, 3.05) is 13.2 Å². The van der Waals surface area contributed by atoms with Crippen LogP contribution in [0, 0.1) is 0 Å². The number of aromatic carboxylic acids is 1. The van der Waals surface area contributed by atoms with E-state index in [0.29, 0.717) is 36.9 Å². The first kappa shape index (κ1) is 11.3. The highest BCUT2D eigenvalue weighted by atomic mass is 16.5. The van der Waals surface area contributed by atoms with Gasteiger partial charge in [-0.3, -0.25) is 0 Å².